The van der Waals surface area contributed by atoms with Crippen LogP contribution in [-0.4, -0.2) is 19.2 Å². The van der Waals surface area contributed by atoms with Crippen LogP contribution in [0.15, 0.2) is 95.8 Å². The summed E-state index contributed by atoms with van der Waals surface area (Å²) in [4.78, 5) is 16.9. The van der Waals surface area contributed by atoms with Gasteiger partial charge in [-0.1, -0.05) is 43.0 Å². The summed E-state index contributed by atoms with van der Waals surface area (Å²) < 4.78 is 30.1. The van der Waals surface area contributed by atoms with Gasteiger partial charge in [-0.15, -0.1) is 0 Å². The van der Waals surface area contributed by atoms with E-state index in [1.807, 2.05) is 12.1 Å². The average molecular weight is 379 g/mol. The molecule has 0 atom stereocenters. The first-order valence-electron chi connectivity index (χ1n) is 8.11. The van der Waals surface area contributed by atoms with E-state index < -0.39 is 14.9 Å². The van der Waals surface area contributed by atoms with Gasteiger partial charge in [-0.05, 0) is 30.8 Å². The topological polar surface area (TPSA) is 73.3 Å². The van der Waals surface area contributed by atoms with E-state index in [9.17, 15) is 13.2 Å². The third kappa shape index (κ3) is 3.96. The van der Waals surface area contributed by atoms with E-state index in [-0.39, 0.29) is 22.9 Å². The van der Waals surface area contributed by atoms with Gasteiger partial charge < -0.3 is 4.74 Å². The SMILES string of the molecule is C=C(CC(=O)c1cccc2cccnc12)OC(=C)S(=O)(=O)c1ccccc1. The Morgan fingerprint density at radius 1 is 0.963 bits per heavy atom. The predicted molar refractivity (Wildman–Crippen MR) is 104 cm³/mol. The average Bonchev–Trinajstić information content (AvgIpc) is 2.68. The number of nitrogens with zero attached hydrogens (tertiary/aromatic N) is 1. The molecule has 27 heavy (non-hydrogen) atoms. The Balaban J connectivity index is 1.74. The molecular formula is C21H17NO4S. The van der Waals surface area contributed by atoms with Gasteiger partial charge in [-0.3, -0.25) is 9.78 Å². The monoisotopic (exact) mass is 379 g/mol. The van der Waals surface area contributed by atoms with Gasteiger partial charge in [0.05, 0.1) is 16.8 Å². The third-order valence-electron chi connectivity index (χ3n) is 3.90. The summed E-state index contributed by atoms with van der Waals surface area (Å²) in [6.45, 7) is 7.14. The summed E-state index contributed by atoms with van der Waals surface area (Å²) in [5.41, 5.74) is 1.00. The maximum atomic E-state index is 12.6. The van der Waals surface area contributed by atoms with Gasteiger partial charge in [0.25, 0.3) is 0 Å². The number of sulfone groups is 1. The van der Waals surface area contributed by atoms with Crippen molar-refractivity contribution in [2.75, 3.05) is 0 Å². The van der Waals surface area contributed by atoms with Gasteiger partial charge in [-0.2, -0.15) is 0 Å². The first-order valence-corrected chi connectivity index (χ1v) is 9.59. The number of ketones is 1. The summed E-state index contributed by atoms with van der Waals surface area (Å²) in [7, 11) is -3.87. The van der Waals surface area contributed by atoms with Crippen molar-refractivity contribution in [2.24, 2.45) is 0 Å². The van der Waals surface area contributed by atoms with E-state index in [1.54, 1.807) is 42.6 Å². The minimum absolute atomic E-state index is 0.00237. The molecule has 2 aromatic carbocycles. The molecule has 3 rings (SSSR count). The van der Waals surface area contributed by atoms with E-state index in [2.05, 4.69) is 18.1 Å². The number of Topliss-reactive ketones (excluding diaryl/α,β-unsaturated/α-hetero) is 1. The number of pyridine rings is 1. The number of para-hydroxylation sites is 1. The van der Waals surface area contributed by atoms with Crippen LogP contribution in [0.25, 0.3) is 10.9 Å². The first kappa shape index (κ1) is 18.5. The molecule has 0 saturated heterocycles. The van der Waals surface area contributed by atoms with Gasteiger partial charge in [0.2, 0.25) is 14.9 Å². The fraction of sp³-hybridized carbons (Fsp3) is 0.0476. The Kier molecular flexibility index (Phi) is 5.19. The Morgan fingerprint density at radius 3 is 2.41 bits per heavy atom. The molecule has 0 aliphatic heterocycles. The van der Waals surface area contributed by atoms with Crippen molar-refractivity contribution in [3.05, 3.63) is 96.4 Å². The molecule has 0 N–H and O–H groups in total. The second kappa shape index (κ2) is 7.55. The van der Waals surface area contributed by atoms with Gasteiger partial charge in [-0.25, -0.2) is 8.42 Å². The first-order chi connectivity index (χ1) is 12.9. The largest absolute Gasteiger partial charge is 0.450 e. The van der Waals surface area contributed by atoms with Crippen LogP contribution < -0.4 is 0 Å². The van der Waals surface area contributed by atoms with Crippen LogP contribution in [-0.2, 0) is 14.6 Å². The van der Waals surface area contributed by atoms with Crippen molar-refractivity contribution >= 4 is 26.5 Å². The molecule has 0 aliphatic rings. The number of aromatic nitrogens is 1. The maximum absolute atomic E-state index is 12.6. The van der Waals surface area contributed by atoms with E-state index in [0.717, 1.165) is 5.39 Å². The number of hydrogen-bond acceptors (Lipinski definition) is 5. The minimum Gasteiger partial charge on any atom is -0.450 e. The molecular weight excluding hydrogens is 362 g/mol. The molecule has 0 aliphatic carbocycles. The summed E-state index contributed by atoms with van der Waals surface area (Å²) >= 11 is 0. The van der Waals surface area contributed by atoms with Crippen LogP contribution in [0.1, 0.15) is 16.8 Å². The lowest BCUT2D eigenvalue weighted by molar-refractivity contribution is 0.0978. The molecule has 0 spiro atoms. The van der Waals surface area contributed by atoms with E-state index in [1.165, 1.54) is 12.1 Å². The standard InChI is InChI=1S/C21H17NO4S/c1-15(26-16(2)27(24,25)18-10-4-3-5-11-18)14-20(23)19-12-6-8-17-9-7-13-22-21(17)19/h3-13H,1-2,14H2. The van der Waals surface area contributed by atoms with E-state index in [0.29, 0.717) is 11.1 Å². The fourth-order valence-electron chi connectivity index (χ4n) is 2.59. The number of carbonyl (C=O) groups excluding carboxylic acids is 1. The number of hydrogen-bond donors (Lipinski definition) is 0. The number of fused-ring (bicyclic) bond motifs is 1. The van der Waals surface area contributed by atoms with Crippen LogP contribution >= 0.6 is 0 Å². The summed E-state index contributed by atoms with van der Waals surface area (Å²) in [6.07, 6.45) is 1.43. The molecule has 0 bridgehead atoms. The fourth-order valence-corrected chi connectivity index (χ4v) is 3.59. The van der Waals surface area contributed by atoms with E-state index >= 15 is 0 Å². The van der Waals surface area contributed by atoms with Crippen LogP contribution in [0.4, 0.5) is 0 Å². The Labute approximate surface area is 157 Å². The normalized spacial score (nSPS) is 11.1. The van der Waals surface area contributed by atoms with Gasteiger partial charge in [0.15, 0.2) is 5.78 Å². The molecule has 0 saturated carbocycles. The Morgan fingerprint density at radius 2 is 1.67 bits per heavy atom. The van der Waals surface area contributed by atoms with Crippen LogP contribution in [0.2, 0.25) is 0 Å². The Bertz CT molecular complexity index is 1130. The highest BCUT2D eigenvalue weighted by Gasteiger charge is 2.22. The molecule has 0 unspecified atom stereocenters. The van der Waals surface area contributed by atoms with Crippen molar-refractivity contribution < 1.29 is 17.9 Å². The number of allylic oxidation sites excluding steroid dienone is 1. The number of rotatable bonds is 7. The third-order valence-corrected chi connectivity index (χ3v) is 5.48. The van der Waals surface area contributed by atoms with Crippen molar-refractivity contribution in [1.82, 2.24) is 4.98 Å². The molecule has 5 nitrogen and oxygen atoms in total. The van der Waals surface area contributed by atoms with Gasteiger partial charge in [0, 0.05) is 17.1 Å². The maximum Gasteiger partial charge on any atom is 0.238 e. The zero-order chi connectivity index (χ0) is 19.4. The number of benzene rings is 2. The number of carbonyl (C=O) groups is 1. The molecule has 6 heteroatoms. The molecule has 0 radical (unpaired) electrons. The molecule has 136 valence electrons. The summed E-state index contributed by atoms with van der Waals surface area (Å²) in [6, 6.07) is 16.7. The van der Waals surface area contributed by atoms with Gasteiger partial charge >= 0.3 is 0 Å². The van der Waals surface area contributed by atoms with Crippen molar-refractivity contribution in [3.63, 3.8) is 0 Å². The lowest BCUT2D eigenvalue weighted by atomic mass is 10.0. The highest BCUT2D eigenvalue weighted by Crippen LogP contribution is 2.23. The molecule has 1 heterocycles. The quantitative estimate of drug-likeness (QED) is 0.452. The van der Waals surface area contributed by atoms with E-state index in [4.69, 9.17) is 4.74 Å². The van der Waals surface area contributed by atoms with Crippen molar-refractivity contribution in [3.8, 4) is 0 Å². The van der Waals surface area contributed by atoms with Crippen LogP contribution in [0.5, 0.6) is 0 Å². The Hall–Kier alpha value is -3.25. The molecule has 0 amide bonds. The number of ether oxygens (including phenoxy) is 1. The zero-order valence-electron chi connectivity index (χ0n) is 14.5. The lowest BCUT2D eigenvalue weighted by Gasteiger charge is -2.12. The highest BCUT2D eigenvalue weighted by atomic mass is 32.2. The van der Waals surface area contributed by atoms with Gasteiger partial charge in [0.1, 0.15) is 5.76 Å². The highest BCUT2D eigenvalue weighted by molar-refractivity contribution is 7.95. The van der Waals surface area contributed by atoms with Crippen molar-refractivity contribution in [2.45, 2.75) is 11.3 Å². The molecule has 3 aromatic rings. The summed E-state index contributed by atoms with van der Waals surface area (Å²) in [5, 5.41) is 0.369. The lowest BCUT2D eigenvalue weighted by Crippen LogP contribution is -2.09. The van der Waals surface area contributed by atoms with Crippen LogP contribution in [0, 0.1) is 0 Å². The van der Waals surface area contributed by atoms with Crippen molar-refractivity contribution in [1.29, 1.82) is 0 Å². The zero-order valence-corrected chi connectivity index (χ0v) is 15.3. The second-order valence-electron chi connectivity index (χ2n) is 5.81. The second-order valence-corrected chi connectivity index (χ2v) is 7.74. The van der Waals surface area contributed by atoms with Crippen LogP contribution in [0.3, 0.4) is 0 Å². The molecule has 1 aromatic heterocycles. The minimum atomic E-state index is -3.87. The molecule has 0 fully saturated rings. The predicted octanol–water partition coefficient (Wildman–Crippen LogP) is 4.28. The summed E-state index contributed by atoms with van der Waals surface area (Å²) in [5.74, 6) is -0.272. The smallest absolute Gasteiger partial charge is 0.238 e.